The summed E-state index contributed by atoms with van der Waals surface area (Å²) in [7, 11) is 0. The standard InChI is InChI=1S/C17H15FN4O3/c18-11-3-4-15-20-14-5-6-21(10-13(14)16(23)22(15)9-11)17(24)19-8-12-2-1-7-25-12/h1-4,7,9H,5-6,8,10H2,(H,19,24). The van der Waals surface area contributed by atoms with E-state index < -0.39 is 5.82 Å². The van der Waals surface area contributed by atoms with Crippen molar-refractivity contribution in [1.29, 1.82) is 0 Å². The molecule has 8 heteroatoms. The van der Waals surface area contributed by atoms with Crippen LogP contribution in [0.5, 0.6) is 0 Å². The summed E-state index contributed by atoms with van der Waals surface area (Å²) in [6, 6.07) is 5.97. The smallest absolute Gasteiger partial charge is 0.318 e. The zero-order chi connectivity index (χ0) is 17.4. The molecule has 1 aliphatic heterocycles. The maximum Gasteiger partial charge on any atom is 0.318 e. The van der Waals surface area contributed by atoms with Crippen molar-refractivity contribution in [2.24, 2.45) is 0 Å². The minimum Gasteiger partial charge on any atom is -0.467 e. The monoisotopic (exact) mass is 342 g/mol. The molecule has 2 amide bonds. The van der Waals surface area contributed by atoms with E-state index in [0.717, 1.165) is 6.20 Å². The van der Waals surface area contributed by atoms with Gasteiger partial charge in [0.25, 0.3) is 5.56 Å². The summed E-state index contributed by atoms with van der Waals surface area (Å²) in [5, 5.41) is 2.76. The van der Waals surface area contributed by atoms with E-state index in [-0.39, 0.29) is 24.7 Å². The van der Waals surface area contributed by atoms with Crippen LogP contribution in [0.15, 0.2) is 45.9 Å². The van der Waals surface area contributed by atoms with Crippen molar-refractivity contribution in [2.45, 2.75) is 19.5 Å². The molecule has 25 heavy (non-hydrogen) atoms. The molecule has 0 aliphatic carbocycles. The lowest BCUT2D eigenvalue weighted by atomic mass is 10.1. The number of aromatic nitrogens is 2. The number of nitrogens with one attached hydrogen (secondary N) is 1. The molecule has 0 saturated heterocycles. The third-order valence-corrected chi connectivity index (χ3v) is 4.21. The highest BCUT2D eigenvalue weighted by atomic mass is 19.1. The minimum atomic E-state index is -0.514. The van der Waals surface area contributed by atoms with Crippen molar-refractivity contribution in [1.82, 2.24) is 19.6 Å². The molecule has 1 aliphatic rings. The number of hydrogen-bond donors (Lipinski definition) is 1. The maximum absolute atomic E-state index is 13.4. The van der Waals surface area contributed by atoms with Crippen molar-refractivity contribution in [3.63, 3.8) is 0 Å². The molecule has 3 aromatic heterocycles. The van der Waals surface area contributed by atoms with Crippen molar-refractivity contribution >= 4 is 11.7 Å². The van der Waals surface area contributed by atoms with Crippen LogP contribution in [0.1, 0.15) is 17.0 Å². The van der Waals surface area contributed by atoms with E-state index in [1.54, 1.807) is 17.0 Å². The number of amides is 2. The summed E-state index contributed by atoms with van der Waals surface area (Å²) in [5.41, 5.74) is 1.14. The van der Waals surface area contributed by atoms with Gasteiger partial charge in [-0.25, -0.2) is 14.2 Å². The molecule has 0 atom stereocenters. The van der Waals surface area contributed by atoms with Gasteiger partial charge in [-0.1, -0.05) is 0 Å². The number of halogens is 1. The molecule has 0 fully saturated rings. The fourth-order valence-corrected chi connectivity index (χ4v) is 2.93. The van der Waals surface area contributed by atoms with E-state index in [0.29, 0.717) is 35.6 Å². The molecular weight excluding hydrogens is 327 g/mol. The number of hydrogen-bond acceptors (Lipinski definition) is 4. The summed E-state index contributed by atoms with van der Waals surface area (Å²) < 4.78 is 19.8. The second-order valence-electron chi connectivity index (χ2n) is 5.83. The lowest BCUT2D eigenvalue weighted by molar-refractivity contribution is 0.190. The summed E-state index contributed by atoms with van der Waals surface area (Å²) in [5.74, 6) is 0.133. The molecule has 7 nitrogen and oxygen atoms in total. The molecule has 4 rings (SSSR count). The number of urea groups is 1. The van der Waals surface area contributed by atoms with Crippen LogP contribution in [0.4, 0.5) is 9.18 Å². The topological polar surface area (TPSA) is 79.8 Å². The minimum absolute atomic E-state index is 0.143. The lowest BCUT2D eigenvalue weighted by Gasteiger charge is -2.28. The van der Waals surface area contributed by atoms with Crippen LogP contribution in [0.25, 0.3) is 5.65 Å². The van der Waals surface area contributed by atoms with Gasteiger partial charge in [0.1, 0.15) is 17.2 Å². The van der Waals surface area contributed by atoms with Gasteiger partial charge in [0.2, 0.25) is 0 Å². The van der Waals surface area contributed by atoms with Gasteiger partial charge >= 0.3 is 6.03 Å². The third kappa shape index (κ3) is 2.86. The Kier molecular flexibility index (Phi) is 3.72. The highest BCUT2D eigenvalue weighted by molar-refractivity contribution is 5.74. The number of carbonyl (C=O) groups is 1. The summed E-state index contributed by atoms with van der Waals surface area (Å²) in [6.07, 6.45) is 3.13. The molecule has 128 valence electrons. The Balaban J connectivity index is 1.57. The number of fused-ring (bicyclic) bond motifs is 2. The van der Waals surface area contributed by atoms with E-state index in [4.69, 9.17) is 4.42 Å². The first-order valence-corrected chi connectivity index (χ1v) is 7.86. The Labute approximate surface area is 141 Å². The molecule has 0 saturated carbocycles. The second kappa shape index (κ2) is 6.04. The van der Waals surface area contributed by atoms with Crippen LogP contribution in [0.2, 0.25) is 0 Å². The molecule has 0 spiro atoms. The van der Waals surface area contributed by atoms with Crippen LogP contribution >= 0.6 is 0 Å². The first-order valence-electron chi connectivity index (χ1n) is 7.86. The van der Waals surface area contributed by atoms with Gasteiger partial charge in [-0.3, -0.25) is 9.20 Å². The Morgan fingerprint density at radius 2 is 2.24 bits per heavy atom. The lowest BCUT2D eigenvalue weighted by Crippen LogP contribution is -2.44. The Bertz CT molecular complexity index is 997. The van der Waals surface area contributed by atoms with Gasteiger partial charge in [0.15, 0.2) is 0 Å². The Hall–Kier alpha value is -3.16. The van der Waals surface area contributed by atoms with Crippen LogP contribution in [-0.4, -0.2) is 26.9 Å². The predicted octanol–water partition coefficient (Wildman–Crippen LogP) is 1.69. The molecular formula is C17H15FN4O3. The van der Waals surface area contributed by atoms with E-state index in [2.05, 4.69) is 10.3 Å². The number of rotatable bonds is 2. The second-order valence-corrected chi connectivity index (χ2v) is 5.83. The third-order valence-electron chi connectivity index (χ3n) is 4.21. The first kappa shape index (κ1) is 15.4. The van der Waals surface area contributed by atoms with Gasteiger partial charge in [-0.05, 0) is 24.3 Å². The van der Waals surface area contributed by atoms with E-state index >= 15 is 0 Å². The molecule has 3 aromatic rings. The Morgan fingerprint density at radius 1 is 1.36 bits per heavy atom. The van der Waals surface area contributed by atoms with E-state index in [1.165, 1.54) is 22.8 Å². The normalized spacial score (nSPS) is 13.7. The number of furan rings is 1. The summed E-state index contributed by atoms with van der Waals surface area (Å²) in [4.78, 5) is 30.9. The van der Waals surface area contributed by atoms with Gasteiger partial charge in [-0.2, -0.15) is 0 Å². The molecule has 4 heterocycles. The molecule has 0 aromatic carbocycles. The van der Waals surface area contributed by atoms with Gasteiger partial charge < -0.3 is 14.6 Å². The quantitative estimate of drug-likeness (QED) is 0.769. The van der Waals surface area contributed by atoms with Gasteiger partial charge in [0.05, 0.1) is 30.6 Å². The van der Waals surface area contributed by atoms with Crippen LogP contribution in [0, 0.1) is 5.82 Å². The summed E-state index contributed by atoms with van der Waals surface area (Å²) in [6.45, 7) is 0.876. The number of nitrogens with zero attached hydrogens (tertiary/aromatic N) is 3. The maximum atomic E-state index is 13.4. The fourth-order valence-electron chi connectivity index (χ4n) is 2.93. The average Bonchev–Trinajstić information content (AvgIpc) is 3.14. The molecule has 0 bridgehead atoms. The van der Waals surface area contributed by atoms with Gasteiger partial charge in [-0.15, -0.1) is 0 Å². The van der Waals surface area contributed by atoms with Crippen molar-refractivity contribution in [3.05, 3.63) is 69.9 Å². The zero-order valence-corrected chi connectivity index (χ0v) is 13.2. The fraction of sp³-hybridized carbons (Fsp3) is 0.235. The molecule has 1 N–H and O–H groups in total. The first-order chi connectivity index (χ1) is 12.1. The number of carbonyl (C=O) groups excluding carboxylic acids is 1. The van der Waals surface area contributed by atoms with Crippen molar-refractivity contribution in [2.75, 3.05) is 6.54 Å². The van der Waals surface area contributed by atoms with Crippen molar-refractivity contribution in [3.8, 4) is 0 Å². The van der Waals surface area contributed by atoms with E-state index in [1.807, 2.05) is 0 Å². The van der Waals surface area contributed by atoms with Gasteiger partial charge in [0, 0.05) is 19.2 Å². The molecule has 0 unspecified atom stereocenters. The predicted molar refractivity (Wildman–Crippen MR) is 86.5 cm³/mol. The van der Waals surface area contributed by atoms with Crippen LogP contribution in [0.3, 0.4) is 0 Å². The van der Waals surface area contributed by atoms with Crippen LogP contribution in [-0.2, 0) is 19.5 Å². The molecule has 0 radical (unpaired) electrons. The largest absolute Gasteiger partial charge is 0.467 e. The zero-order valence-electron chi connectivity index (χ0n) is 13.2. The SMILES string of the molecule is O=C(NCc1ccco1)N1CCc2nc3ccc(F)cn3c(=O)c2C1. The van der Waals surface area contributed by atoms with Crippen molar-refractivity contribution < 1.29 is 13.6 Å². The highest BCUT2D eigenvalue weighted by Crippen LogP contribution is 2.15. The average molecular weight is 342 g/mol. The highest BCUT2D eigenvalue weighted by Gasteiger charge is 2.25. The Morgan fingerprint density at radius 3 is 3.04 bits per heavy atom. The van der Waals surface area contributed by atoms with Crippen LogP contribution < -0.4 is 10.9 Å². The van der Waals surface area contributed by atoms with E-state index in [9.17, 15) is 14.0 Å². The number of pyridine rings is 1. The summed E-state index contributed by atoms with van der Waals surface area (Å²) >= 11 is 0.